The van der Waals surface area contributed by atoms with Crippen LogP contribution in [0.2, 0.25) is 15.1 Å². The van der Waals surface area contributed by atoms with Crippen molar-refractivity contribution >= 4 is 34.8 Å². The fourth-order valence-electron chi connectivity index (χ4n) is 1.88. The number of methoxy groups -OCH3 is 1. The Labute approximate surface area is 133 Å². The van der Waals surface area contributed by atoms with Gasteiger partial charge in [-0.25, -0.2) is 4.98 Å². The van der Waals surface area contributed by atoms with Crippen LogP contribution in [0.1, 0.15) is 5.56 Å². The number of pyridine rings is 1. The van der Waals surface area contributed by atoms with Crippen LogP contribution in [-0.2, 0) is 6.18 Å². The summed E-state index contributed by atoms with van der Waals surface area (Å²) in [6.07, 6.45) is -3.49. The molecule has 0 saturated heterocycles. The van der Waals surface area contributed by atoms with Crippen molar-refractivity contribution in [2.24, 2.45) is 0 Å². The molecule has 0 spiro atoms. The minimum absolute atomic E-state index is 0.00579. The summed E-state index contributed by atoms with van der Waals surface area (Å²) < 4.78 is 44.6. The van der Waals surface area contributed by atoms with E-state index in [0.29, 0.717) is 0 Å². The zero-order valence-electron chi connectivity index (χ0n) is 10.4. The van der Waals surface area contributed by atoms with Crippen molar-refractivity contribution in [1.29, 1.82) is 0 Å². The molecule has 2 aromatic rings. The molecule has 0 atom stereocenters. The normalized spacial score (nSPS) is 11.6. The number of alkyl halides is 3. The van der Waals surface area contributed by atoms with Crippen molar-refractivity contribution in [3.63, 3.8) is 0 Å². The Bertz CT molecular complexity index is 666. The van der Waals surface area contributed by atoms with Gasteiger partial charge in [-0.15, -0.1) is 0 Å². The van der Waals surface area contributed by atoms with Gasteiger partial charge in [-0.1, -0.05) is 34.8 Å². The van der Waals surface area contributed by atoms with Crippen LogP contribution >= 0.6 is 34.8 Å². The van der Waals surface area contributed by atoms with Crippen LogP contribution in [0.4, 0.5) is 13.2 Å². The summed E-state index contributed by atoms with van der Waals surface area (Å²) in [4.78, 5) is 3.57. The van der Waals surface area contributed by atoms with Gasteiger partial charge in [0.1, 0.15) is 5.56 Å². The predicted molar refractivity (Wildman–Crippen MR) is 76.3 cm³/mol. The Morgan fingerprint density at radius 3 is 2.14 bits per heavy atom. The predicted octanol–water partition coefficient (Wildman–Crippen LogP) is 5.74. The first-order valence-corrected chi connectivity index (χ1v) is 6.64. The van der Waals surface area contributed by atoms with Crippen LogP contribution < -0.4 is 4.74 Å². The van der Waals surface area contributed by atoms with E-state index in [1.807, 2.05) is 0 Å². The third kappa shape index (κ3) is 3.20. The lowest BCUT2D eigenvalue weighted by atomic mass is 10.0. The monoisotopic (exact) mass is 355 g/mol. The first-order valence-electron chi connectivity index (χ1n) is 5.50. The molecule has 0 bridgehead atoms. The molecule has 8 heteroatoms. The fraction of sp³-hybridized carbons (Fsp3) is 0.154. The number of aromatic nitrogens is 1. The molecule has 21 heavy (non-hydrogen) atoms. The van der Waals surface area contributed by atoms with Crippen molar-refractivity contribution in [2.45, 2.75) is 6.18 Å². The van der Waals surface area contributed by atoms with Gasteiger partial charge >= 0.3 is 6.18 Å². The molecule has 0 amide bonds. The second-order valence-electron chi connectivity index (χ2n) is 3.98. The number of rotatable bonds is 2. The molecule has 112 valence electrons. The number of nitrogens with zero attached hydrogens (tertiary/aromatic N) is 1. The number of ether oxygens (including phenoxy) is 1. The minimum Gasteiger partial charge on any atom is -0.481 e. The molecule has 1 aromatic carbocycles. The van der Waals surface area contributed by atoms with E-state index in [1.165, 1.54) is 24.4 Å². The highest BCUT2D eigenvalue weighted by Gasteiger charge is 2.39. The van der Waals surface area contributed by atoms with Gasteiger partial charge in [0.05, 0.1) is 17.2 Å². The van der Waals surface area contributed by atoms with Gasteiger partial charge in [0.25, 0.3) is 0 Å². The van der Waals surface area contributed by atoms with Crippen LogP contribution in [0.25, 0.3) is 11.1 Å². The van der Waals surface area contributed by atoms with Gasteiger partial charge in [-0.05, 0) is 18.2 Å². The number of hydrogen-bond donors (Lipinski definition) is 0. The quantitative estimate of drug-likeness (QED) is 0.685. The lowest BCUT2D eigenvalue weighted by Gasteiger charge is -2.17. The van der Waals surface area contributed by atoms with Gasteiger partial charge in [-0.2, -0.15) is 13.2 Å². The minimum atomic E-state index is -4.68. The largest absolute Gasteiger partial charge is 0.481 e. The van der Waals surface area contributed by atoms with Crippen molar-refractivity contribution in [3.8, 4) is 17.0 Å². The van der Waals surface area contributed by atoms with Crippen LogP contribution in [0.5, 0.6) is 5.88 Å². The Kier molecular flexibility index (Phi) is 4.56. The molecule has 2 nitrogen and oxygen atoms in total. The summed E-state index contributed by atoms with van der Waals surface area (Å²) in [6.45, 7) is 0. The molecule has 0 fully saturated rings. The summed E-state index contributed by atoms with van der Waals surface area (Å²) in [5.74, 6) is -0.554. The smallest absolute Gasteiger partial charge is 0.422 e. The van der Waals surface area contributed by atoms with E-state index in [9.17, 15) is 13.2 Å². The van der Waals surface area contributed by atoms with E-state index >= 15 is 0 Å². The van der Waals surface area contributed by atoms with Gasteiger partial charge in [0, 0.05) is 22.3 Å². The van der Waals surface area contributed by atoms with Gasteiger partial charge in [0.15, 0.2) is 0 Å². The van der Waals surface area contributed by atoms with E-state index in [2.05, 4.69) is 4.98 Å². The highest BCUT2D eigenvalue weighted by atomic mass is 35.5. The molecule has 1 aromatic heterocycles. The second kappa shape index (κ2) is 5.91. The Morgan fingerprint density at radius 1 is 1.10 bits per heavy atom. The maximum Gasteiger partial charge on any atom is 0.422 e. The molecule has 0 radical (unpaired) electrons. The molecule has 0 aliphatic rings. The zero-order chi connectivity index (χ0) is 15.8. The number of hydrogen-bond acceptors (Lipinski definition) is 2. The van der Waals surface area contributed by atoms with E-state index in [0.717, 1.165) is 7.11 Å². The molecule has 0 unspecified atom stereocenters. The summed E-state index contributed by atoms with van der Waals surface area (Å²) >= 11 is 17.7. The highest BCUT2D eigenvalue weighted by Crippen LogP contribution is 2.46. The van der Waals surface area contributed by atoms with Crippen molar-refractivity contribution in [1.82, 2.24) is 4.98 Å². The van der Waals surface area contributed by atoms with Gasteiger partial charge in [-0.3, -0.25) is 0 Å². The average Bonchev–Trinajstić information content (AvgIpc) is 2.35. The lowest BCUT2D eigenvalue weighted by molar-refractivity contribution is -0.138. The maximum absolute atomic E-state index is 13.3. The Morgan fingerprint density at radius 2 is 1.67 bits per heavy atom. The van der Waals surface area contributed by atoms with Crippen LogP contribution in [0.3, 0.4) is 0 Å². The second-order valence-corrected chi connectivity index (χ2v) is 5.24. The van der Waals surface area contributed by atoms with Gasteiger partial charge < -0.3 is 4.74 Å². The Balaban J connectivity index is 2.82. The summed E-state index contributed by atoms with van der Waals surface area (Å²) in [5.41, 5.74) is -1.24. The molecule has 0 N–H and O–H groups in total. The van der Waals surface area contributed by atoms with Crippen LogP contribution in [0.15, 0.2) is 24.4 Å². The van der Waals surface area contributed by atoms with E-state index in [1.54, 1.807) is 0 Å². The molecule has 0 aliphatic carbocycles. The Hall–Kier alpha value is -1.17. The van der Waals surface area contributed by atoms with E-state index < -0.39 is 17.6 Å². The first-order chi connectivity index (χ1) is 9.75. The van der Waals surface area contributed by atoms with Crippen LogP contribution in [0, 0.1) is 0 Å². The topological polar surface area (TPSA) is 22.1 Å². The third-order valence-corrected chi connectivity index (χ3v) is 3.48. The number of halogens is 6. The molecule has 0 saturated carbocycles. The first kappa shape index (κ1) is 16.2. The lowest BCUT2D eigenvalue weighted by Crippen LogP contribution is -2.11. The van der Waals surface area contributed by atoms with E-state index in [-0.39, 0.29) is 26.2 Å². The molecule has 0 aliphatic heterocycles. The van der Waals surface area contributed by atoms with E-state index in [4.69, 9.17) is 39.5 Å². The van der Waals surface area contributed by atoms with Crippen molar-refractivity contribution in [2.75, 3.05) is 7.11 Å². The van der Waals surface area contributed by atoms with Gasteiger partial charge in [0.2, 0.25) is 5.88 Å². The summed E-state index contributed by atoms with van der Waals surface area (Å²) in [5, 5.41) is 0.237. The standard InChI is InChI=1S/C13H7Cl3F3NO/c1-21-12-11(13(17,18)19)7(2-3-20-12)10-8(15)4-6(14)5-9(10)16/h2-5H,1H3. The molecular weight excluding hydrogens is 350 g/mol. The zero-order valence-corrected chi connectivity index (χ0v) is 12.7. The van der Waals surface area contributed by atoms with Crippen molar-refractivity contribution in [3.05, 3.63) is 45.0 Å². The maximum atomic E-state index is 13.3. The molecule has 1 heterocycles. The highest BCUT2D eigenvalue weighted by molar-refractivity contribution is 6.41. The summed E-state index contributed by atoms with van der Waals surface area (Å²) in [7, 11) is 1.10. The fourth-order valence-corrected chi connectivity index (χ4v) is 2.90. The molecule has 2 rings (SSSR count). The van der Waals surface area contributed by atoms with Crippen molar-refractivity contribution < 1.29 is 17.9 Å². The summed E-state index contributed by atoms with van der Waals surface area (Å²) in [6, 6.07) is 3.81. The number of benzene rings is 1. The SMILES string of the molecule is COc1nccc(-c2c(Cl)cc(Cl)cc2Cl)c1C(F)(F)F. The average molecular weight is 357 g/mol. The molecular formula is C13H7Cl3F3NO. The van der Waals surface area contributed by atoms with Crippen LogP contribution in [-0.4, -0.2) is 12.1 Å². The third-order valence-electron chi connectivity index (χ3n) is 2.67.